The number of hydrogen-bond acceptors (Lipinski definition) is 12. The summed E-state index contributed by atoms with van der Waals surface area (Å²) >= 11 is 0. The fourth-order valence-corrected chi connectivity index (χ4v) is 13.1. The molecule has 4 rings (SSSR count). The highest BCUT2D eigenvalue weighted by molar-refractivity contribution is 5.91. The minimum absolute atomic E-state index is 0.0727. The molecule has 0 aromatic rings. The monoisotopic (exact) mass is 1040 g/mol. The fraction of sp³-hybridized carbons (Fsp3) is 0.871. The van der Waals surface area contributed by atoms with Crippen LogP contribution < -0.4 is 0 Å². The lowest BCUT2D eigenvalue weighted by atomic mass is 9.47. The van der Waals surface area contributed by atoms with Crippen LogP contribution in [0.25, 0.3) is 0 Å². The van der Waals surface area contributed by atoms with E-state index in [0.717, 1.165) is 83.5 Å². The molecule has 0 bridgehead atoms. The third-order valence-corrected chi connectivity index (χ3v) is 17.7. The van der Waals surface area contributed by atoms with Crippen LogP contribution in [0, 0.1) is 34.5 Å². The molecular formula is C62H104O12. The highest BCUT2D eigenvalue weighted by Crippen LogP contribution is 2.65. The zero-order valence-corrected chi connectivity index (χ0v) is 47.4. The topological polar surface area (TPSA) is 158 Å². The van der Waals surface area contributed by atoms with Crippen LogP contribution in [0.5, 0.6) is 0 Å². The number of allylic oxidation sites excluding steroid dienone is 1. The van der Waals surface area contributed by atoms with Gasteiger partial charge < -0.3 is 28.4 Å². The largest absolute Gasteiger partial charge is 0.511 e. The molecule has 0 spiro atoms. The summed E-state index contributed by atoms with van der Waals surface area (Å²) in [5.74, 6) is -0.762. The minimum Gasteiger partial charge on any atom is -0.462 e. The molecule has 7 atom stereocenters. The number of ether oxygens (including phenoxy) is 6. The number of carbonyl (C=O) groups is 6. The van der Waals surface area contributed by atoms with Crippen LogP contribution in [0.1, 0.15) is 279 Å². The molecule has 0 saturated heterocycles. The second-order valence-electron chi connectivity index (χ2n) is 23.7. The molecule has 74 heavy (non-hydrogen) atoms. The van der Waals surface area contributed by atoms with Crippen LogP contribution in [0.15, 0.2) is 11.6 Å². The van der Waals surface area contributed by atoms with Crippen molar-refractivity contribution in [2.75, 3.05) is 20.0 Å². The molecule has 3 saturated carbocycles. The van der Waals surface area contributed by atoms with E-state index in [0.29, 0.717) is 24.2 Å². The Bertz CT molecular complexity index is 1650. The van der Waals surface area contributed by atoms with E-state index in [2.05, 4.69) is 27.7 Å². The number of fused-ring (bicyclic) bond motifs is 5. The van der Waals surface area contributed by atoms with E-state index in [9.17, 15) is 28.8 Å². The maximum atomic E-state index is 13.2. The molecule has 4 aliphatic rings. The molecule has 424 valence electrons. The molecule has 0 aromatic heterocycles. The lowest BCUT2D eigenvalue weighted by molar-refractivity contribution is -0.168. The van der Waals surface area contributed by atoms with Crippen LogP contribution >= 0.6 is 0 Å². The Morgan fingerprint density at radius 3 is 1.54 bits per heavy atom. The quantitative estimate of drug-likeness (QED) is 0.0248. The maximum absolute atomic E-state index is 13.2. The molecule has 0 aliphatic heterocycles. The molecule has 12 nitrogen and oxygen atoms in total. The summed E-state index contributed by atoms with van der Waals surface area (Å²) in [6, 6.07) is 0. The Balaban J connectivity index is 1.12. The van der Waals surface area contributed by atoms with Gasteiger partial charge in [0.25, 0.3) is 0 Å². The predicted octanol–water partition coefficient (Wildman–Crippen LogP) is 15.9. The van der Waals surface area contributed by atoms with E-state index in [4.69, 9.17) is 28.4 Å². The van der Waals surface area contributed by atoms with Gasteiger partial charge in [-0.2, -0.15) is 0 Å². The Morgan fingerprint density at radius 2 is 1.03 bits per heavy atom. The van der Waals surface area contributed by atoms with Gasteiger partial charge in [0.05, 0.1) is 0 Å². The average molecular weight is 1040 g/mol. The lowest BCUT2D eigenvalue weighted by Crippen LogP contribution is -2.51. The fourth-order valence-electron chi connectivity index (χ4n) is 13.1. The van der Waals surface area contributed by atoms with Gasteiger partial charge in [0.2, 0.25) is 6.79 Å². The number of unbranched alkanes of at least 4 members (excludes halogenated alkanes) is 24. The summed E-state index contributed by atoms with van der Waals surface area (Å²) < 4.78 is 33.1. The first-order valence-corrected chi connectivity index (χ1v) is 30.5. The van der Waals surface area contributed by atoms with Gasteiger partial charge in [0.1, 0.15) is 19.3 Å². The average Bonchev–Trinajstić information content (AvgIpc) is 3.70. The number of ketones is 1. The molecular weight excluding hydrogens is 937 g/mol. The highest BCUT2D eigenvalue weighted by Gasteiger charge is 2.60. The van der Waals surface area contributed by atoms with Crippen molar-refractivity contribution in [3.05, 3.63) is 11.6 Å². The van der Waals surface area contributed by atoms with E-state index in [1.807, 2.05) is 6.08 Å². The van der Waals surface area contributed by atoms with Gasteiger partial charge in [-0.25, -0.2) is 4.79 Å². The molecule has 0 heterocycles. The Hall–Kier alpha value is -3.44. The zero-order valence-electron chi connectivity index (χ0n) is 47.4. The van der Waals surface area contributed by atoms with Crippen molar-refractivity contribution < 1.29 is 57.2 Å². The third kappa shape index (κ3) is 23.0. The Morgan fingerprint density at radius 1 is 0.541 bits per heavy atom. The predicted molar refractivity (Wildman–Crippen MR) is 290 cm³/mol. The summed E-state index contributed by atoms with van der Waals surface area (Å²) in [5.41, 5.74) is 1.24. The molecule has 0 N–H and O–H groups in total. The van der Waals surface area contributed by atoms with Crippen molar-refractivity contribution in [2.24, 2.45) is 34.5 Å². The normalized spacial score (nSPS) is 23.5. The standard InChI is InChI=1S/C62H104O12/c1-6-8-10-12-14-16-18-20-22-24-26-28-30-32-56(64)69-45-51(46-70-57(65)33-31-29-27-25-23-21-19-17-15-13-11-9-7-2)73-59(67)43-48(3)42-58(66)71-47-72-60(68)74-55-37-36-53-52-35-34-49-44-50(63)38-40-61(49,4)54(52)39-41-62(53,55)5/h44,48,51-55H,6-43,45-47H2,1-5H3/t48?,52-,53-,54-,55?,61-,62-/m0/s1. The molecule has 0 radical (unpaired) electrons. The number of rotatable bonds is 40. The van der Waals surface area contributed by atoms with Crippen molar-refractivity contribution in [1.82, 2.24) is 0 Å². The van der Waals surface area contributed by atoms with Crippen molar-refractivity contribution in [3.63, 3.8) is 0 Å². The molecule has 12 heteroatoms. The number of carbonyl (C=O) groups excluding carboxylic acids is 6. The molecule has 0 amide bonds. The van der Waals surface area contributed by atoms with E-state index in [1.165, 1.54) is 134 Å². The Labute approximate surface area is 448 Å². The third-order valence-electron chi connectivity index (χ3n) is 17.7. The van der Waals surface area contributed by atoms with Gasteiger partial charge in [-0.05, 0) is 93.0 Å². The highest BCUT2D eigenvalue weighted by atomic mass is 16.8. The lowest BCUT2D eigenvalue weighted by Gasteiger charge is -2.57. The van der Waals surface area contributed by atoms with Crippen LogP contribution in [0.3, 0.4) is 0 Å². The van der Waals surface area contributed by atoms with Crippen molar-refractivity contribution >= 4 is 35.8 Å². The van der Waals surface area contributed by atoms with Gasteiger partial charge in [0, 0.05) is 37.5 Å². The second-order valence-corrected chi connectivity index (χ2v) is 23.7. The number of esters is 4. The molecule has 0 aromatic carbocycles. The smallest absolute Gasteiger partial charge is 0.462 e. The van der Waals surface area contributed by atoms with Gasteiger partial charge in [0.15, 0.2) is 11.9 Å². The summed E-state index contributed by atoms with van der Waals surface area (Å²) in [5, 5.41) is 0. The van der Waals surface area contributed by atoms with Crippen LogP contribution in [0.2, 0.25) is 0 Å². The van der Waals surface area contributed by atoms with Crippen LogP contribution in [-0.2, 0) is 52.4 Å². The first-order chi connectivity index (χ1) is 35.8. The van der Waals surface area contributed by atoms with E-state index in [-0.39, 0.29) is 73.6 Å². The Kier molecular flexibility index (Phi) is 30.5. The van der Waals surface area contributed by atoms with E-state index in [1.54, 1.807) is 6.92 Å². The zero-order chi connectivity index (χ0) is 53.4. The first-order valence-electron chi connectivity index (χ1n) is 30.5. The summed E-state index contributed by atoms with van der Waals surface area (Å²) in [7, 11) is 0. The van der Waals surface area contributed by atoms with E-state index >= 15 is 0 Å². The van der Waals surface area contributed by atoms with Crippen LogP contribution in [-0.4, -0.2) is 68.0 Å². The summed E-state index contributed by atoms with van der Waals surface area (Å²) in [6.07, 6.45) is 38.7. The van der Waals surface area contributed by atoms with Crippen LogP contribution in [0.4, 0.5) is 4.79 Å². The maximum Gasteiger partial charge on any atom is 0.511 e. The summed E-state index contributed by atoms with van der Waals surface area (Å²) in [6.45, 7) is 9.74. The molecule has 3 fully saturated rings. The first kappa shape index (κ1) is 63.1. The van der Waals surface area contributed by atoms with Gasteiger partial charge >= 0.3 is 30.0 Å². The minimum atomic E-state index is -0.987. The van der Waals surface area contributed by atoms with Gasteiger partial charge in [-0.3, -0.25) is 24.0 Å². The van der Waals surface area contributed by atoms with Gasteiger partial charge in [-0.15, -0.1) is 0 Å². The SMILES string of the molecule is CCCCCCCCCCCCCCCC(=O)OCC(COC(=O)CCCCCCCCCCCCCCC)OC(=O)CC(C)CC(=O)OCOC(=O)OC1CC[C@H]2[C@@H]3CCC4=CC(=O)CC[C@]4(C)[C@H]3CC[C@]12C. The molecule has 2 unspecified atom stereocenters. The number of hydrogen-bond donors (Lipinski definition) is 0. The van der Waals surface area contributed by atoms with Gasteiger partial charge in [-0.1, -0.05) is 194 Å². The van der Waals surface area contributed by atoms with Crippen molar-refractivity contribution in [3.8, 4) is 0 Å². The summed E-state index contributed by atoms with van der Waals surface area (Å²) in [4.78, 5) is 76.6. The van der Waals surface area contributed by atoms with E-state index < -0.39 is 36.9 Å². The van der Waals surface area contributed by atoms with Crippen molar-refractivity contribution in [1.29, 1.82) is 0 Å². The molecule has 4 aliphatic carbocycles. The second kappa shape index (κ2) is 35.8. The van der Waals surface area contributed by atoms with Crippen molar-refractivity contribution in [2.45, 2.75) is 291 Å².